The van der Waals surface area contributed by atoms with E-state index in [1.54, 1.807) is 0 Å². The molecule has 0 aromatic heterocycles. The molecule has 0 saturated carbocycles. The maximum absolute atomic E-state index is 8.81. The molecular formula is C5H11ClO. The van der Waals surface area contributed by atoms with Crippen molar-refractivity contribution >= 4 is 17.9 Å². The van der Waals surface area contributed by atoms with Crippen molar-refractivity contribution in [3.63, 3.8) is 0 Å². The molecule has 1 nitrogen and oxygen atoms in total. The largest absolute Gasteiger partial charge is 0.304 e. The summed E-state index contributed by atoms with van der Waals surface area (Å²) >= 11 is 5.19. The smallest absolute Gasteiger partial charge is 0.116 e. The standard InChI is InChI=1S/C3H7Cl.C2H4O/c1-2-3-4;1-2-3/h2-3H2,1H3;2H,1H3. The van der Waals surface area contributed by atoms with E-state index in [2.05, 4.69) is 0 Å². The van der Waals surface area contributed by atoms with E-state index in [1.165, 1.54) is 6.92 Å². The summed E-state index contributed by atoms with van der Waals surface area (Å²) in [6.45, 7) is 3.49. The third-order valence-electron chi connectivity index (χ3n) is 0.189. The summed E-state index contributed by atoms with van der Waals surface area (Å²) in [7, 11) is 0. The van der Waals surface area contributed by atoms with Crippen LogP contribution in [0.1, 0.15) is 20.3 Å². The average Bonchev–Trinajstić information content (AvgIpc) is 1.69. The summed E-state index contributed by atoms with van der Waals surface area (Å²) in [5, 5.41) is 0. The van der Waals surface area contributed by atoms with Gasteiger partial charge in [-0.25, -0.2) is 0 Å². The van der Waals surface area contributed by atoms with Crippen LogP contribution in [0.3, 0.4) is 0 Å². The Morgan fingerprint density at radius 1 is 1.71 bits per heavy atom. The normalized spacial score (nSPS) is 6.14. The first kappa shape index (κ1) is 10.0. The van der Waals surface area contributed by atoms with E-state index in [9.17, 15) is 0 Å². The second-order valence-corrected chi connectivity index (χ2v) is 1.30. The van der Waals surface area contributed by atoms with Crippen LogP contribution in [0.15, 0.2) is 0 Å². The lowest BCUT2D eigenvalue weighted by Crippen LogP contribution is -1.55. The lowest BCUT2D eigenvalue weighted by molar-refractivity contribution is -0.106. The molecule has 0 atom stereocenters. The maximum Gasteiger partial charge on any atom is 0.116 e. The Morgan fingerprint density at radius 2 is 1.86 bits per heavy atom. The number of aldehydes is 1. The topological polar surface area (TPSA) is 17.1 Å². The van der Waals surface area contributed by atoms with Crippen LogP contribution in [0.25, 0.3) is 0 Å². The highest BCUT2D eigenvalue weighted by Crippen LogP contribution is 1.75. The van der Waals surface area contributed by atoms with Gasteiger partial charge in [-0.3, -0.25) is 0 Å². The molecule has 0 N–H and O–H groups in total. The van der Waals surface area contributed by atoms with Gasteiger partial charge in [-0.05, 0) is 13.3 Å². The molecular weight excluding hydrogens is 112 g/mol. The summed E-state index contributed by atoms with van der Waals surface area (Å²) in [6, 6.07) is 0. The van der Waals surface area contributed by atoms with E-state index in [4.69, 9.17) is 16.4 Å². The molecule has 0 fully saturated rings. The lowest BCUT2D eigenvalue weighted by Gasteiger charge is -1.65. The zero-order valence-electron chi connectivity index (χ0n) is 4.78. The van der Waals surface area contributed by atoms with Crippen LogP contribution in [-0.2, 0) is 4.79 Å². The molecule has 7 heavy (non-hydrogen) atoms. The van der Waals surface area contributed by atoms with Gasteiger partial charge >= 0.3 is 0 Å². The Kier molecular flexibility index (Phi) is 24.0. The molecule has 0 aliphatic carbocycles. The number of rotatable bonds is 1. The highest BCUT2D eigenvalue weighted by Gasteiger charge is 1.59. The number of hydrogen-bond donors (Lipinski definition) is 0. The number of hydrogen-bond acceptors (Lipinski definition) is 1. The van der Waals surface area contributed by atoms with E-state index < -0.39 is 0 Å². The predicted molar refractivity (Wildman–Crippen MR) is 32.7 cm³/mol. The number of carbonyl (C=O) groups is 1. The molecule has 2 heteroatoms. The van der Waals surface area contributed by atoms with Crippen molar-refractivity contribution in [2.24, 2.45) is 0 Å². The van der Waals surface area contributed by atoms with Crippen LogP contribution in [0.5, 0.6) is 0 Å². The Balaban J connectivity index is 0. The summed E-state index contributed by atoms with van der Waals surface area (Å²) in [6.07, 6.45) is 1.83. The van der Waals surface area contributed by atoms with E-state index in [0.29, 0.717) is 0 Å². The van der Waals surface area contributed by atoms with Crippen molar-refractivity contribution in [1.82, 2.24) is 0 Å². The number of carbonyl (C=O) groups excluding carboxylic acids is 1. The molecule has 0 aliphatic heterocycles. The maximum atomic E-state index is 8.81. The zero-order chi connectivity index (χ0) is 6.12. The summed E-state index contributed by atoms with van der Waals surface area (Å²) in [5.41, 5.74) is 0. The van der Waals surface area contributed by atoms with Gasteiger partial charge in [0.2, 0.25) is 0 Å². The molecule has 0 heterocycles. The van der Waals surface area contributed by atoms with Crippen molar-refractivity contribution in [1.29, 1.82) is 0 Å². The Bertz CT molecular complexity index is 27.3. The van der Waals surface area contributed by atoms with Gasteiger partial charge in [-0.15, -0.1) is 11.6 Å². The fourth-order valence-electron chi connectivity index (χ4n) is 0. The van der Waals surface area contributed by atoms with Crippen LogP contribution < -0.4 is 0 Å². The van der Waals surface area contributed by atoms with Crippen molar-refractivity contribution in [2.75, 3.05) is 5.88 Å². The third kappa shape index (κ3) is 101. The van der Waals surface area contributed by atoms with E-state index >= 15 is 0 Å². The summed E-state index contributed by atoms with van der Waals surface area (Å²) in [4.78, 5) is 8.81. The fraction of sp³-hybridized carbons (Fsp3) is 0.800. The average molecular weight is 123 g/mol. The molecule has 0 saturated heterocycles. The van der Waals surface area contributed by atoms with Crippen molar-refractivity contribution in [3.05, 3.63) is 0 Å². The van der Waals surface area contributed by atoms with Crippen LogP contribution in [0.2, 0.25) is 0 Å². The first-order valence-electron chi connectivity index (χ1n) is 2.29. The molecule has 44 valence electrons. The molecule has 0 unspecified atom stereocenters. The van der Waals surface area contributed by atoms with Gasteiger partial charge in [0, 0.05) is 5.88 Å². The Morgan fingerprint density at radius 3 is 1.86 bits per heavy atom. The summed E-state index contributed by atoms with van der Waals surface area (Å²) in [5.74, 6) is 0.792. The number of halogens is 1. The zero-order valence-corrected chi connectivity index (χ0v) is 5.53. The minimum absolute atomic E-state index is 0.750. The van der Waals surface area contributed by atoms with Crippen molar-refractivity contribution < 1.29 is 4.79 Å². The molecule has 0 spiro atoms. The van der Waals surface area contributed by atoms with E-state index in [0.717, 1.165) is 18.6 Å². The van der Waals surface area contributed by atoms with Crippen LogP contribution in [0, 0.1) is 0 Å². The third-order valence-corrected chi connectivity index (χ3v) is 0.567. The van der Waals surface area contributed by atoms with Crippen LogP contribution in [-0.4, -0.2) is 12.2 Å². The van der Waals surface area contributed by atoms with Gasteiger partial charge in [0.05, 0.1) is 0 Å². The van der Waals surface area contributed by atoms with Crippen molar-refractivity contribution in [3.8, 4) is 0 Å². The molecule has 0 aromatic rings. The van der Waals surface area contributed by atoms with Gasteiger partial charge in [0.15, 0.2) is 0 Å². The Labute approximate surface area is 49.7 Å². The molecule has 0 aromatic carbocycles. The highest BCUT2D eigenvalue weighted by atomic mass is 35.5. The van der Waals surface area contributed by atoms with Gasteiger partial charge in [0.1, 0.15) is 6.29 Å². The van der Waals surface area contributed by atoms with Gasteiger partial charge in [0.25, 0.3) is 0 Å². The van der Waals surface area contributed by atoms with Crippen LogP contribution >= 0.6 is 11.6 Å². The monoisotopic (exact) mass is 122 g/mol. The minimum Gasteiger partial charge on any atom is -0.304 e. The van der Waals surface area contributed by atoms with Gasteiger partial charge in [-0.1, -0.05) is 6.92 Å². The SMILES string of the molecule is CC=O.CCCCl. The molecule has 0 aliphatic rings. The fourth-order valence-corrected chi connectivity index (χ4v) is 0. The Hall–Kier alpha value is -0.0400. The van der Waals surface area contributed by atoms with Crippen molar-refractivity contribution in [2.45, 2.75) is 20.3 Å². The first-order chi connectivity index (χ1) is 3.33. The molecule has 0 amide bonds. The van der Waals surface area contributed by atoms with Gasteiger partial charge in [-0.2, -0.15) is 0 Å². The highest BCUT2D eigenvalue weighted by molar-refractivity contribution is 6.17. The second-order valence-electron chi connectivity index (χ2n) is 0.925. The lowest BCUT2D eigenvalue weighted by atomic mass is 10.6. The second kappa shape index (κ2) is 16.7. The minimum atomic E-state index is 0.750. The quantitative estimate of drug-likeness (QED) is 0.383. The van der Waals surface area contributed by atoms with Gasteiger partial charge < -0.3 is 4.79 Å². The first-order valence-corrected chi connectivity index (χ1v) is 2.82. The molecule has 0 rings (SSSR count). The number of alkyl halides is 1. The predicted octanol–water partition coefficient (Wildman–Crippen LogP) is 1.84. The van der Waals surface area contributed by atoms with Crippen LogP contribution in [0.4, 0.5) is 0 Å². The molecule has 0 radical (unpaired) electrons. The summed E-state index contributed by atoms with van der Waals surface area (Å²) < 4.78 is 0. The van der Waals surface area contributed by atoms with E-state index in [1.807, 2.05) is 6.92 Å². The molecule has 0 bridgehead atoms. The van der Waals surface area contributed by atoms with E-state index in [-0.39, 0.29) is 0 Å².